The van der Waals surface area contributed by atoms with Crippen LogP contribution in [0.15, 0.2) is 0 Å². The maximum Gasteiger partial charge on any atom is 0.0625 e. The van der Waals surface area contributed by atoms with Gasteiger partial charge >= 0.3 is 0 Å². The molecule has 42 heavy (non-hydrogen) atoms. The van der Waals surface area contributed by atoms with Gasteiger partial charge in [0, 0.05) is 24.2 Å². The van der Waals surface area contributed by atoms with Gasteiger partial charge in [0.2, 0.25) is 0 Å². The standard InChI is InChI=1S/C38H66N4/c1-39-25-9-15-35(39)41(29-11-5-3-6-12-29)33-23-19-27-18-22-32-34(24-20-28-17-21-31(33)37(27)38(28)32)42(30-13-7-4-8-14-30)36-16-10-26-40(36)2/h27-38H,3-26H2,1-2H3. The van der Waals surface area contributed by atoms with Crippen molar-refractivity contribution in [2.45, 2.75) is 178 Å². The Morgan fingerprint density at radius 3 is 1.19 bits per heavy atom. The topological polar surface area (TPSA) is 13.0 Å². The molecule has 0 spiro atoms. The molecule has 2 aliphatic heterocycles. The Morgan fingerprint density at radius 1 is 0.405 bits per heavy atom. The van der Waals surface area contributed by atoms with E-state index in [0.717, 1.165) is 72.0 Å². The second-order valence-electron chi connectivity index (χ2n) is 17.1. The van der Waals surface area contributed by atoms with Gasteiger partial charge in [-0.25, -0.2) is 0 Å². The minimum absolute atomic E-state index is 0.741. The maximum absolute atomic E-state index is 3.26. The normalized spacial score (nSPS) is 46.0. The number of rotatable bonds is 6. The van der Waals surface area contributed by atoms with E-state index in [2.05, 4.69) is 33.7 Å². The molecule has 10 unspecified atom stereocenters. The predicted octanol–water partition coefficient (Wildman–Crippen LogP) is 7.97. The zero-order valence-electron chi connectivity index (χ0n) is 27.7. The van der Waals surface area contributed by atoms with Crippen molar-refractivity contribution in [1.29, 1.82) is 0 Å². The zero-order chi connectivity index (χ0) is 28.2. The van der Waals surface area contributed by atoms with E-state index in [9.17, 15) is 0 Å². The van der Waals surface area contributed by atoms with E-state index in [1.807, 2.05) is 0 Å². The van der Waals surface area contributed by atoms with Gasteiger partial charge in [0.15, 0.2) is 0 Å². The fourth-order valence-electron chi connectivity index (χ4n) is 13.8. The van der Waals surface area contributed by atoms with Crippen LogP contribution >= 0.6 is 0 Å². The molecular formula is C38H66N4. The molecule has 8 fully saturated rings. The largest absolute Gasteiger partial charge is 0.291 e. The Bertz CT molecular complexity index is 824. The van der Waals surface area contributed by atoms with Crippen LogP contribution in [0.2, 0.25) is 0 Å². The van der Waals surface area contributed by atoms with Crippen LogP contribution in [0.4, 0.5) is 0 Å². The minimum Gasteiger partial charge on any atom is -0.291 e. The van der Waals surface area contributed by atoms with Crippen molar-refractivity contribution in [3.8, 4) is 0 Å². The van der Waals surface area contributed by atoms with Crippen LogP contribution in [0.25, 0.3) is 0 Å². The second kappa shape index (κ2) is 12.6. The molecule has 0 bridgehead atoms. The number of nitrogens with zero attached hydrogens (tertiary/aromatic N) is 4. The second-order valence-corrected chi connectivity index (χ2v) is 17.1. The molecule has 6 saturated carbocycles. The predicted molar refractivity (Wildman–Crippen MR) is 174 cm³/mol. The van der Waals surface area contributed by atoms with Crippen molar-refractivity contribution >= 4 is 0 Å². The summed E-state index contributed by atoms with van der Waals surface area (Å²) in [6.45, 7) is 2.66. The van der Waals surface area contributed by atoms with Gasteiger partial charge in [0.05, 0.1) is 12.3 Å². The Balaban J connectivity index is 1.10. The van der Waals surface area contributed by atoms with Crippen LogP contribution in [-0.2, 0) is 0 Å². The van der Waals surface area contributed by atoms with E-state index in [4.69, 9.17) is 0 Å². The van der Waals surface area contributed by atoms with Gasteiger partial charge < -0.3 is 0 Å². The third-order valence-electron chi connectivity index (χ3n) is 15.3. The molecule has 10 atom stereocenters. The summed E-state index contributed by atoms with van der Waals surface area (Å²) in [7, 11) is 4.94. The molecule has 2 heterocycles. The highest BCUT2D eigenvalue weighted by atomic mass is 15.4. The van der Waals surface area contributed by atoms with Crippen molar-refractivity contribution in [1.82, 2.24) is 19.6 Å². The van der Waals surface area contributed by atoms with E-state index in [0.29, 0.717) is 0 Å². The molecule has 0 N–H and O–H groups in total. The van der Waals surface area contributed by atoms with Crippen molar-refractivity contribution in [3.63, 3.8) is 0 Å². The average Bonchev–Trinajstić information content (AvgIpc) is 3.66. The van der Waals surface area contributed by atoms with Crippen LogP contribution in [0.5, 0.6) is 0 Å². The van der Waals surface area contributed by atoms with Crippen LogP contribution in [-0.4, -0.2) is 83.3 Å². The Hall–Kier alpha value is -0.160. The summed E-state index contributed by atoms with van der Waals surface area (Å²) in [5, 5.41) is 0. The molecular weight excluding hydrogens is 512 g/mol. The van der Waals surface area contributed by atoms with Crippen molar-refractivity contribution in [2.24, 2.45) is 35.5 Å². The molecule has 4 nitrogen and oxygen atoms in total. The summed E-state index contributed by atoms with van der Waals surface area (Å²) in [4.78, 5) is 12.1. The first-order chi connectivity index (χ1) is 20.7. The van der Waals surface area contributed by atoms with Gasteiger partial charge in [0.25, 0.3) is 0 Å². The molecule has 8 aliphatic rings. The van der Waals surface area contributed by atoms with E-state index in [1.165, 1.54) is 116 Å². The fourth-order valence-corrected chi connectivity index (χ4v) is 13.8. The first-order valence-corrected chi connectivity index (χ1v) is 19.6. The van der Waals surface area contributed by atoms with Crippen LogP contribution in [0.3, 0.4) is 0 Å². The Kier molecular flexibility index (Phi) is 8.75. The molecule has 0 radical (unpaired) electrons. The van der Waals surface area contributed by atoms with Crippen LogP contribution < -0.4 is 0 Å². The SMILES string of the molecule is CN1CCCC1N(C1CCCCC1)C1CCC2CCC3C4C(CCC1C24)CCC3N(C1CCCCC1)C1CCCN1C. The quantitative estimate of drug-likeness (QED) is 0.317. The average molecular weight is 579 g/mol. The highest BCUT2D eigenvalue weighted by Crippen LogP contribution is 2.62. The molecule has 238 valence electrons. The van der Waals surface area contributed by atoms with Crippen molar-refractivity contribution in [3.05, 3.63) is 0 Å². The fraction of sp³-hybridized carbons (Fsp3) is 1.00. The Labute approximate surface area is 259 Å². The molecule has 4 heteroatoms. The van der Waals surface area contributed by atoms with Gasteiger partial charge in [-0.1, -0.05) is 38.5 Å². The first kappa shape index (κ1) is 29.3. The third kappa shape index (κ3) is 5.17. The number of hydrogen-bond donors (Lipinski definition) is 0. The molecule has 0 aromatic heterocycles. The van der Waals surface area contributed by atoms with Gasteiger partial charge in [-0.05, 0) is 165 Å². The van der Waals surface area contributed by atoms with E-state index < -0.39 is 0 Å². The molecule has 6 aliphatic carbocycles. The highest BCUT2D eigenvalue weighted by molar-refractivity contribution is 5.09. The minimum atomic E-state index is 0.741. The number of hydrogen-bond acceptors (Lipinski definition) is 4. The summed E-state index contributed by atoms with van der Waals surface area (Å²) >= 11 is 0. The van der Waals surface area contributed by atoms with Crippen LogP contribution in [0, 0.1) is 35.5 Å². The summed E-state index contributed by atoms with van der Waals surface area (Å²) < 4.78 is 0. The zero-order valence-corrected chi connectivity index (χ0v) is 27.7. The van der Waals surface area contributed by atoms with Gasteiger partial charge in [-0.2, -0.15) is 0 Å². The van der Waals surface area contributed by atoms with E-state index >= 15 is 0 Å². The first-order valence-electron chi connectivity index (χ1n) is 19.6. The molecule has 0 amide bonds. The lowest BCUT2D eigenvalue weighted by Gasteiger charge is -2.64. The lowest BCUT2D eigenvalue weighted by Crippen LogP contribution is -2.65. The smallest absolute Gasteiger partial charge is 0.0625 e. The monoisotopic (exact) mass is 579 g/mol. The number of likely N-dealkylation sites (tertiary alicyclic amines) is 2. The summed E-state index contributed by atoms with van der Waals surface area (Å²) in [6.07, 6.45) is 34.6. The molecule has 2 saturated heterocycles. The van der Waals surface area contributed by atoms with Gasteiger partial charge in [-0.3, -0.25) is 19.6 Å². The van der Waals surface area contributed by atoms with Gasteiger partial charge in [0.1, 0.15) is 0 Å². The third-order valence-corrected chi connectivity index (χ3v) is 15.3. The van der Waals surface area contributed by atoms with Crippen molar-refractivity contribution < 1.29 is 0 Å². The maximum atomic E-state index is 3.26. The summed E-state index contributed by atoms with van der Waals surface area (Å²) in [5.74, 6) is 6.22. The van der Waals surface area contributed by atoms with E-state index in [-0.39, 0.29) is 0 Å². The molecule has 0 aromatic rings. The molecule has 0 aromatic carbocycles. The van der Waals surface area contributed by atoms with Gasteiger partial charge in [-0.15, -0.1) is 0 Å². The van der Waals surface area contributed by atoms with Crippen LogP contribution in [0.1, 0.15) is 141 Å². The lowest BCUT2D eigenvalue weighted by atomic mass is 9.46. The van der Waals surface area contributed by atoms with E-state index in [1.54, 1.807) is 38.5 Å². The molecule has 8 rings (SSSR count). The Morgan fingerprint density at radius 2 is 0.810 bits per heavy atom. The van der Waals surface area contributed by atoms with Crippen molar-refractivity contribution in [2.75, 3.05) is 27.2 Å². The lowest BCUT2D eigenvalue weighted by molar-refractivity contribution is -0.156. The summed E-state index contributed by atoms with van der Waals surface area (Å²) in [6, 6.07) is 3.52. The summed E-state index contributed by atoms with van der Waals surface area (Å²) in [5.41, 5.74) is 0. The highest BCUT2D eigenvalue weighted by Gasteiger charge is 2.58.